The molecular weight excluding hydrogens is 446 g/mol. The third-order valence-corrected chi connectivity index (χ3v) is 7.22. The first-order chi connectivity index (χ1) is 16.4. The molecule has 172 valence electrons. The first kappa shape index (κ1) is 22.0. The molecule has 1 aromatic heterocycles. The maximum Gasteiger partial charge on any atom is 0.245 e. The topological polar surface area (TPSA) is 71.4 Å². The van der Waals surface area contributed by atoms with Gasteiger partial charge in [-0.1, -0.05) is 54.6 Å². The number of amides is 1. The third kappa shape index (κ3) is 3.88. The van der Waals surface area contributed by atoms with E-state index in [9.17, 15) is 13.2 Å². The molecule has 0 aliphatic heterocycles. The van der Waals surface area contributed by atoms with Crippen molar-refractivity contribution in [2.75, 3.05) is 22.4 Å². The zero-order valence-electron chi connectivity index (χ0n) is 19.0. The van der Waals surface area contributed by atoms with E-state index in [0.717, 1.165) is 49.7 Å². The van der Waals surface area contributed by atoms with Crippen LogP contribution in [0.3, 0.4) is 0 Å². The van der Waals surface area contributed by atoms with E-state index in [4.69, 9.17) is 0 Å². The summed E-state index contributed by atoms with van der Waals surface area (Å²) in [4.78, 5) is 13.0. The van der Waals surface area contributed by atoms with Crippen molar-refractivity contribution >= 4 is 59.9 Å². The predicted molar refractivity (Wildman–Crippen MR) is 140 cm³/mol. The average Bonchev–Trinajstić information content (AvgIpc) is 3.14. The van der Waals surface area contributed by atoms with Gasteiger partial charge in [0, 0.05) is 39.4 Å². The highest BCUT2D eigenvalue weighted by molar-refractivity contribution is 7.92. The van der Waals surface area contributed by atoms with Crippen LogP contribution in [-0.4, -0.2) is 31.7 Å². The maximum atomic E-state index is 13.0. The van der Waals surface area contributed by atoms with E-state index < -0.39 is 15.9 Å². The number of fused-ring (bicyclic) bond motifs is 4. The van der Waals surface area contributed by atoms with Crippen LogP contribution in [0.4, 0.5) is 11.4 Å². The number of benzene rings is 4. The van der Waals surface area contributed by atoms with E-state index in [1.807, 2.05) is 60.7 Å². The van der Waals surface area contributed by atoms with Gasteiger partial charge in [-0.05, 0) is 42.6 Å². The number of aryl methyl sites for hydroxylation is 1. The van der Waals surface area contributed by atoms with Crippen molar-refractivity contribution in [1.29, 1.82) is 0 Å². The summed E-state index contributed by atoms with van der Waals surface area (Å²) < 4.78 is 28.7. The zero-order chi connectivity index (χ0) is 23.9. The fraction of sp³-hybridized carbons (Fsp3) is 0.148. The first-order valence-electron chi connectivity index (χ1n) is 11.1. The average molecular weight is 472 g/mol. The Bertz CT molecular complexity index is 1650. The smallest absolute Gasteiger partial charge is 0.245 e. The summed E-state index contributed by atoms with van der Waals surface area (Å²) in [5.74, 6) is -0.406. The SMILES string of the molecule is CCn1c2ccccc2c2cc(NC(=O)CN(c3cccc4ccccc34)S(C)(=O)=O)ccc21. The number of anilines is 2. The van der Waals surface area contributed by atoms with E-state index in [1.165, 1.54) is 0 Å². The Morgan fingerprint density at radius 3 is 2.29 bits per heavy atom. The van der Waals surface area contributed by atoms with Crippen molar-refractivity contribution in [3.8, 4) is 0 Å². The van der Waals surface area contributed by atoms with Crippen molar-refractivity contribution < 1.29 is 13.2 Å². The number of hydrogen-bond acceptors (Lipinski definition) is 3. The number of nitrogens with one attached hydrogen (secondary N) is 1. The second-order valence-corrected chi connectivity index (χ2v) is 10.2. The van der Waals surface area contributed by atoms with Gasteiger partial charge in [0.25, 0.3) is 0 Å². The summed E-state index contributed by atoms with van der Waals surface area (Å²) in [5, 5.41) is 6.74. The van der Waals surface area contributed by atoms with E-state index in [2.05, 4.69) is 28.9 Å². The van der Waals surface area contributed by atoms with Crippen molar-refractivity contribution in [1.82, 2.24) is 4.57 Å². The second-order valence-electron chi connectivity index (χ2n) is 8.31. The van der Waals surface area contributed by atoms with Gasteiger partial charge in [-0.2, -0.15) is 0 Å². The molecule has 1 N–H and O–H groups in total. The number of carbonyl (C=O) groups excluding carboxylic acids is 1. The molecule has 0 unspecified atom stereocenters. The molecule has 4 aromatic carbocycles. The van der Waals surface area contributed by atoms with Gasteiger partial charge in [0.15, 0.2) is 0 Å². The Morgan fingerprint density at radius 1 is 0.853 bits per heavy atom. The Hall–Kier alpha value is -3.84. The standard InChI is InChI=1S/C27H25N3O3S/c1-3-29-24-13-7-6-12-22(24)23-17-20(15-16-25(23)29)28-27(31)18-30(34(2,32)33)26-14-8-10-19-9-4-5-11-21(19)26/h4-17H,3,18H2,1-2H3,(H,28,31). The molecule has 0 saturated carbocycles. The van der Waals surface area contributed by atoms with Crippen molar-refractivity contribution in [3.63, 3.8) is 0 Å². The van der Waals surface area contributed by atoms with Gasteiger partial charge in [0.05, 0.1) is 11.9 Å². The number of carbonyl (C=O) groups is 1. The molecular formula is C27H25N3O3S. The van der Waals surface area contributed by atoms with Crippen molar-refractivity contribution in [3.05, 3.63) is 84.9 Å². The molecule has 0 aliphatic carbocycles. The van der Waals surface area contributed by atoms with E-state index >= 15 is 0 Å². The van der Waals surface area contributed by atoms with Gasteiger partial charge in [0.1, 0.15) is 6.54 Å². The van der Waals surface area contributed by atoms with Gasteiger partial charge >= 0.3 is 0 Å². The van der Waals surface area contributed by atoms with Crippen LogP contribution < -0.4 is 9.62 Å². The van der Waals surface area contributed by atoms with Crippen LogP contribution in [-0.2, 0) is 21.4 Å². The number of nitrogens with zero attached hydrogens (tertiary/aromatic N) is 2. The number of rotatable bonds is 6. The van der Waals surface area contributed by atoms with E-state index in [-0.39, 0.29) is 6.54 Å². The molecule has 6 nitrogen and oxygen atoms in total. The Kier molecular flexibility index (Phi) is 5.49. The van der Waals surface area contributed by atoms with Crippen LogP contribution >= 0.6 is 0 Å². The third-order valence-electron chi connectivity index (χ3n) is 6.10. The second kappa shape index (κ2) is 8.50. The molecule has 7 heteroatoms. The lowest BCUT2D eigenvalue weighted by molar-refractivity contribution is -0.114. The molecule has 1 amide bonds. The molecule has 34 heavy (non-hydrogen) atoms. The summed E-state index contributed by atoms with van der Waals surface area (Å²) in [6.07, 6.45) is 1.12. The summed E-state index contributed by atoms with van der Waals surface area (Å²) >= 11 is 0. The fourth-order valence-corrected chi connectivity index (χ4v) is 5.48. The van der Waals surface area contributed by atoms with Gasteiger partial charge in [-0.3, -0.25) is 9.10 Å². The molecule has 0 fully saturated rings. The lowest BCUT2D eigenvalue weighted by Gasteiger charge is -2.23. The van der Waals surface area contributed by atoms with E-state index in [0.29, 0.717) is 11.4 Å². The Balaban J connectivity index is 1.48. The molecule has 0 spiro atoms. The highest BCUT2D eigenvalue weighted by Crippen LogP contribution is 2.31. The molecule has 0 atom stereocenters. The number of aromatic nitrogens is 1. The largest absolute Gasteiger partial charge is 0.341 e. The number of hydrogen-bond donors (Lipinski definition) is 1. The zero-order valence-corrected chi connectivity index (χ0v) is 19.8. The monoisotopic (exact) mass is 471 g/mol. The van der Waals surface area contributed by atoms with Crippen LogP contribution in [0, 0.1) is 0 Å². The maximum absolute atomic E-state index is 13.0. The molecule has 1 heterocycles. The highest BCUT2D eigenvalue weighted by Gasteiger charge is 2.23. The molecule has 0 saturated heterocycles. The van der Waals surface area contributed by atoms with Gasteiger partial charge in [-0.25, -0.2) is 8.42 Å². The van der Waals surface area contributed by atoms with Crippen LogP contribution in [0.5, 0.6) is 0 Å². The molecule has 0 radical (unpaired) electrons. The van der Waals surface area contributed by atoms with E-state index in [1.54, 1.807) is 12.1 Å². The van der Waals surface area contributed by atoms with Gasteiger partial charge in [-0.15, -0.1) is 0 Å². The predicted octanol–water partition coefficient (Wildman–Crippen LogP) is 5.37. The number of para-hydroxylation sites is 1. The minimum absolute atomic E-state index is 0.318. The summed E-state index contributed by atoms with van der Waals surface area (Å²) in [5.41, 5.74) is 3.35. The summed E-state index contributed by atoms with van der Waals surface area (Å²) in [7, 11) is -3.69. The van der Waals surface area contributed by atoms with Gasteiger partial charge < -0.3 is 9.88 Å². The minimum Gasteiger partial charge on any atom is -0.341 e. The Labute approximate surface area is 198 Å². The summed E-state index contributed by atoms with van der Waals surface area (Å²) in [6.45, 7) is 2.63. The quantitative estimate of drug-likeness (QED) is 0.362. The van der Waals surface area contributed by atoms with Crippen LogP contribution in [0.2, 0.25) is 0 Å². The normalized spacial score (nSPS) is 11.8. The molecule has 0 bridgehead atoms. The highest BCUT2D eigenvalue weighted by atomic mass is 32.2. The van der Waals surface area contributed by atoms with Crippen molar-refractivity contribution in [2.45, 2.75) is 13.5 Å². The van der Waals surface area contributed by atoms with Crippen LogP contribution in [0.1, 0.15) is 6.92 Å². The summed E-state index contributed by atoms with van der Waals surface area (Å²) in [6, 6.07) is 26.9. The molecule has 5 aromatic rings. The lowest BCUT2D eigenvalue weighted by Crippen LogP contribution is -2.37. The lowest BCUT2D eigenvalue weighted by atomic mass is 10.1. The molecule has 0 aliphatic rings. The number of sulfonamides is 1. The Morgan fingerprint density at radius 2 is 1.53 bits per heavy atom. The van der Waals surface area contributed by atoms with Gasteiger partial charge in [0.2, 0.25) is 15.9 Å². The fourth-order valence-electron chi connectivity index (χ4n) is 4.61. The minimum atomic E-state index is -3.69. The van der Waals surface area contributed by atoms with Crippen LogP contribution in [0.15, 0.2) is 84.9 Å². The van der Waals surface area contributed by atoms with Crippen LogP contribution in [0.25, 0.3) is 32.6 Å². The molecule has 5 rings (SSSR count). The van der Waals surface area contributed by atoms with Crippen molar-refractivity contribution in [2.24, 2.45) is 0 Å². The first-order valence-corrected chi connectivity index (χ1v) is 13.0.